The molecule has 1 saturated carbocycles. The van der Waals surface area contributed by atoms with E-state index in [1.807, 2.05) is 0 Å². The van der Waals surface area contributed by atoms with Gasteiger partial charge in [0.2, 0.25) is 0 Å². The summed E-state index contributed by atoms with van der Waals surface area (Å²) in [5.74, 6) is 0.237. The van der Waals surface area contributed by atoms with Crippen molar-refractivity contribution in [3.05, 3.63) is 0 Å². The molecular formula is C7H15NO3S2. The van der Waals surface area contributed by atoms with Gasteiger partial charge in [0.1, 0.15) is 0 Å². The summed E-state index contributed by atoms with van der Waals surface area (Å²) in [6.07, 6.45) is 5.39. The van der Waals surface area contributed by atoms with Crippen molar-refractivity contribution >= 4 is 19.9 Å². The highest BCUT2D eigenvalue weighted by molar-refractivity contribution is 8.70. The van der Waals surface area contributed by atoms with E-state index < -0.39 is 14.5 Å². The maximum absolute atomic E-state index is 10.5. The van der Waals surface area contributed by atoms with Crippen LogP contribution < -0.4 is 5.73 Å². The lowest BCUT2D eigenvalue weighted by Crippen LogP contribution is -2.29. The van der Waals surface area contributed by atoms with Gasteiger partial charge in [-0.2, -0.15) is 8.42 Å². The second-order valence-corrected chi connectivity index (χ2v) is 6.82. The number of hydrogen-bond donors (Lipinski definition) is 2. The lowest BCUT2D eigenvalue weighted by molar-refractivity contribution is 0.352. The first-order chi connectivity index (χ1) is 5.99. The van der Waals surface area contributed by atoms with Crippen molar-refractivity contribution in [3.8, 4) is 0 Å². The van der Waals surface area contributed by atoms with Crippen molar-refractivity contribution < 1.29 is 13.0 Å². The second-order valence-electron chi connectivity index (χ2n) is 3.39. The van der Waals surface area contributed by atoms with Crippen LogP contribution in [0.4, 0.5) is 0 Å². The molecule has 0 aromatic rings. The van der Waals surface area contributed by atoms with Crippen LogP contribution in [0.5, 0.6) is 0 Å². The zero-order chi connectivity index (χ0) is 9.90. The lowest BCUT2D eigenvalue weighted by atomic mass is 9.89. The molecule has 0 aromatic heterocycles. The van der Waals surface area contributed by atoms with Crippen LogP contribution in [0.25, 0.3) is 0 Å². The topological polar surface area (TPSA) is 80.4 Å². The minimum absolute atomic E-state index is 0.237. The van der Waals surface area contributed by atoms with Crippen LogP contribution in [0.2, 0.25) is 0 Å². The Bertz CT molecular complexity index is 246. The van der Waals surface area contributed by atoms with Gasteiger partial charge in [0.05, 0.1) is 5.37 Å². The predicted molar refractivity (Wildman–Crippen MR) is 53.7 cm³/mol. The summed E-state index contributed by atoms with van der Waals surface area (Å²) in [7, 11) is -3.51. The molecule has 1 atom stereocenters. The summed E-state index contributed by atoms with van der Waals surface area (Å²) in [6.45, 7) is 0. The monoisotopic (exact) mass is 225 g/mol. The van der Waals surface area contributed by atoms with Gasteiger partial charge >= 0.3 is 9.15 Å². The van der Waals surface area contributed by atoms with Gasteiger partial charge in [-0.05, 0) is 18.8 Å². The van der Waals surface area contributed by atoms with E-state index in [0.717, 1.165) is 25.7 Å². The Hall–Kier alpha value is 0.220. The molecule has 1 aliphatic rings. The van der Waals surface area contributed by atoms with Crippen LogP contribution in [0, 0.1) is 5.92 Å². The Morgan fingerprint density at radius 3 is 2.31 bits per heavy atom. The third-order valence-electron chi connectivity index (χ3n) is 2.35. The van der Waals surface area contributed by atoms with Gasteiger partial charge in [0, 0.05) is 10.8 Å². The first-order valence-corrected chi connectivity index (χ1v) is 7.24. The quantitative estimate of drug-likeness (QED) is 0.431. The predicted octanol–water partition coefficient (Wildman–Crippen LogP) is 1.39. The molecule has 0 saturated heterocycles. The molecule has 78 valence electrons. The van der Waals surface area contributed by atoms with E-state index in [9.17, 15) is 8.42 Å². The molecule has 1 rings (SSSR count). The molecule has 0 amide bonds. The molecule has 0 aromatic carbocycles. The highest BCUT2D eigenvalue weighted by Crippen LogP contribution is 2.31. The summed E-state index contributed by atoms with van der Waals surface area (Å²) >= 11 is 0. The number of hydrogen-bond acceptors (Lipinski definition) is 4. The molecule has 13 heavy (non-hydrogen) atoms. The minimum Gasteiger partial charge on any atom is -0.318 e. The molecule has 6 heteroatoms. The summed E-state index contributed by atoms with van der Waals surface area (Å²) in [5, 5.41) is -0.477. The van der Waals surface area contributed by atoms with E-state index in [2.05, 4.69) is 0 Å². The molecule has 0 bridgehead atoms. The van der Waals surface area contributed by atoms with E-state index in [-0.39, 0.29) is 5.92 Å². The van der Waals surface area contributed by atoms with Crippen molar-refractivity contribution in [2.45, 2.75) is 37.5 Å². The molecule has 1 aliphatic carbocycles. The molecule has 0 spiro atoms. The standard InChI is InChI=1S/C7H15NO3S2/c8-7(12-13(9,10)11)6-4-2-1-3-5-6/h6-7H,1-5,8H2,(H,9,10,11). The van der Waals surface area contributed by atoms with Crippen LogP contribution >= 0.6 is 10.8 Å². The summed E-state index contributed by atoms with van der Waals surface area (Å²) < 4.78 is 29.6. The third-order valence-corrected chi connectivity index (χ3v) is 4.59. The average molecular weight is 225 g/mol. The van der Waals surface area contributed by atoms with Crippen molar-refractivity contribution in [1.82, 2.24) is 0 Å². The smallest absolute Gasteiger partial charge is 0.318 e. The first kappa shape index (κ1) is 11.3. The highest BCUT2D eigenvalue weighted by atomic mass is 33.1. The van der Waals surface area contributed by atoms with Gasteiger partial charge in [0.15, 0.2) is 0 Å². The number of rotatable bonds is 3. The van der Waals surface area contributed by atoms with Crippen LogP contribution in [0.1, 0.15) is 32.1 Å². The van der Waals surface area contributed by atoms with E-state index >= 15 is 0 Å². The Morgan fingerprint density at radius 1 is 1.31 bits per heavy atom. The zero-order valence-corrected chi connectivity index (χ0v) is 8.98. The minimum atomic E-state index is -3.98. The van der Waals surface area contributed by atoms with Crippen molar-refractivity contribution in [2.24, 2.45) is 11.7 Å². The van der Waals surface area contributed by atoms with Gasteiger partial charge in [-0.15, -0.1) is 0 Å². The van der Waals surface area contributed by atoms with Crippen molar-refractivity contribution in [3.63, 3.8) is 0 Å². The highest BCUT2D eigenvalue weighted by Gasteiger charge is 2.24. The molecule has 1 unspecified atom stereocenters. The van der Waals surface area contributed by atoms with Crippen LogP contribution in [-0.4, -0.2) is 18.3 Å². The molecule has 1 fully saturated rings. The molecule has 3 N–H and O–H groups in total. The van der Waals surface area contributed by atoms with Crippen molar-refractivity contribution in [1.29, 1.82) is 0 Å². The molecular weight excluding hydrogens is 210 g/mol. The van der Waals surface area contributed by atoms with Gasteiger partial charge < -0.3 is 5.73 Å². The first-order valence-electron chi connectivity index (χ1n) is 4.40. The molecule has 0 aliphatic heterocycles. The van der Waals surface area contributed by atoms with Gasteiger partial charge in [-0.3, -0.25) is 4.55 Å². The average Bonchev–Trinajstić information content (AvgIpc) is 2.03. The summed E-state index contributed by atoms with van der Waals surface area (Å²) in [6, 6.07) is 0. The van der Waals surface area contributed by atoms with E-state index in [4.69, 9.17) is 10.3 Å². The molecule has 0 radical (unpaired) electrons. The zero-order valence-electron chi connectivity index (χ0n) is 7.35. The van der Waals surface area contributed by atoms with E-state index in [1.165, 1.54) is 6.42 Å². The Kier molecular flexibility index (Phi) is 4.03. The fourth-order valence-corrected chi connectivity index (χ4v) is 3.71. The lowest BCUT2D eigenvalue weighted by Gasteiger charge is -2.25. The van der Waals surface area contributed by atoms with E-state index in [1.54, 1.807) is 0 Å². The van der Waals surface area contributed by atoms with Crippen molar-refractivity contribution in [2.75, 3.05) is 0 Å². The number of nitrogens with two attached hydrogens (primary N) is 1. The third kappa shape index (κ3) is 4.30. The SMILES string of the molecule is NC(SS(=O)(=O)O)C1CCCCC1. The summed E-state index contributed by atoms with van der Waals surface area (Å²) in [5.41, 5.74) is 5.66. The maximum atomic E-state index is 10.5. The van der Waals surface area contributed by atoms with Crippen LogP contribution in [-0.2, 0) is 9.15 Å². The van der Waals surface area contributed by atoms with Crippen LogP contribution in [0.15, 0.2) is 0 Å². The van der Waals surface area contributed by atoms with Gasteiger partial charge in [0.25, 0.3) is 0 Å². The van der Waals surface area contributed by atoms with Gasteiger partial charge in [-0.1, -0.05) is 19.3 Å². The Morgan fingerprint density at radius 2 is 1.85 bits per heavy atom. The molecule has 0 heterocycles. The summed E-state index contributed by atoms with van der Waals surface area (Å²) in [4.78, 5) is 0. The Labute approximate surface area is 82.4 Å². The fraction of sp³-hybridized carbons (Fsp3) is 1.00. The Balaban J connectivity index is 2.42. The fourth-order valence-electron chi connectivity index (χ4n) is 1.68. The largest absolute Gasteiger partial charge is 0.321 e. The maximum Gasteiger partial charge on any atom is 0.321 e. The second kappa shape index (κ2) is 4.63. The van der Waals surface area contributed by atoms with Gasteiger partial charge in [-0.25, -0.2) is 0 Å². The normalized spacial score (nSPS) is 22.9. The van der Waals surface area contributed by atoms with E-state index in [0.29, 0.717) is 10.8 Å². The molecule has 4 nitrogen and oxygen atoms in total. The van der Waals surface area contributed by atoms with Crippen LogP contribution in [0.3, 0.4) is 0 Å².